The van der Waals surface area contributed by atoms with Gasteiger partial charge in [-0.1, -0.05) is 36.1 Å². The van der Waals surface area contributed by atoms with Crippen LogP contribution in [0.4, 0.5) is 0 Å². The van der Waals surface area contributed by atoms with Gasteiger partial charge in [-0.2, -0.15) is 0 Å². The summed E-state index contributed by atoms with van der Waals surface area (Å²) in [5.74, 6) is 0.889. The highest BCUT2D eigenvalue weighted by Gasteiger charge is 2.10. The van der Waals surface area contributed by atoms with E-state index in [0.29, 0.717) is 0 Å². The minimum Gasteiger partial charge on any atom is -0.273 e. The molecule has 0 N–H and O–H groups in total. The molecule has 1 aromatic rings. The van der Waals surface area contributed by atoms with Gasteiger partial charge in [0.2, 0.25) is 0 Å². The Morgan fingerprint density at radius 1 is 1.33 bits per heavy atom. The van der Waals surface area contributed by atoms with Gasteiger partial charge in [0.1, 0.15) is 0 Å². The van der Waals surface area contributed by atoms with E-state index in [9.17, 15) is 0 Å². The van der Waals surface area contributed by atoms with Crippen molar-refractivity contribution >= 4 is 23.9 Å². The predicted molar refractivity (Wildman–Crippen MR) is 51.4 cm³/mol. The zero-order valence-corrected chi connectivity index (χ0v) is 7.27. The zero-order valence-electron chi connectivity index (χ0n) is 6.45. The third-order valence-electron chi connectivity index (χ3n) is 2.19. The standard InChI is InChI=1S/C10H7NS/c1-2-7-4-5-9-10(8(7)3-1)12-6-11-9/h1-5H,6H2. The van der Waals surface area contributed by atoms with Crippen LogP contribution in [0.3, 0.4) is 0 Å². The van der Waals surface area contributed by atoms with Crippen molar-refractivity contribution in [2.24, 2.45) is 4.99 Å². The highest BCUT2D eigenvalue weighted by Crippen LogP contribution is 2.22. The van der Waals surface area contributed by atoms with E-state index in [2.05, 4.69) is 35.4 Å². The number of rotatable bonds is 0. The second kappa shape index (κ2) is 2.23. The van der Waals surface area contributed by atoms with Gasteiger partial charge in [0.25, 0.3) is 0 Å². The molecule has 58 valence electrons. The Bertz CT molecular complexity index is 485. The van der Waals surface area contributed by atoms with Crippen molar-refractivity contribution < 1.29 is 0 Å². The van der Waals surface area contributed by atoms with Gasteiger partial charge >= 0.3 is 0 Å². The van der Waals surface area contributed by atoms with Gasteiger partial charge in [0.15, 0.2) is 0 Å². The SMILES string of the molecule is C1=Cc2c3c(ccc2=C1)=NCS3. The van der Waals surface area contributed by atoms with E-state index in [1.807, 2.05) is 11.8 Å². The predicted octanol–water partition coefficient (Wildman–Crippen LogP) is 1.18. The molecule has 3 rings (SSSR count). The Labute approximate surface area is 74.5 Å². The maximum Gasteiger partial charge on any atom is 0.0898 e. The Balaban J connectivity index is 2.50. The van der Waals surface area contributed by atoms with E-state index in [4.69, 9.17) is 0 Å². The van der Waals surface area contributed by atoms with Crippen molar-refractivity contribution in [3.05, 3.63) is 34.3 Å². The molecule has 1 nitrogen and oxygen atoms in total. The Morgan fingerprint density at radius 3 is 3.33 bits per heavy atom. The van der Waals surface area contributed by atoms with Crippen molar-refractivity contribution in [3.8, 4) is 0 Å². The van der Waals surface area contributed by atoms with E-state index in [0.717, 1.165) is 5.88 Å². The average Bonchev–Trinajstić information content (AvgIpc) is 2.71. The molecule has 0 unspecified atom stereocenters. The minimum absolute atomic E-state index is 0.889. The van der Waals surface area contributed by atoms with Crippen molar-refractivity contribution in [2.45, 2.75) is 4.90 Å². The number of thioether (sulfide) groups is 1. The molecule has 2 aliphatic rings. The summed E-state index contributed by atoms with van der Waals surface area (Å²) < 4.78 is 0. The fourth-order valence-corrected chi connectivity index (χ4v) is 2.57. The van der Waals surface area contributed by atoms with Crippen LogP contribution in [0.2, 0.25) is 0 Å². The molecule has 0 atom stereocenters. The van der Waals surface area contributed by atoms with Gasteiger partial charge in [-0.05, 0) is 16.8 Å². The fourth-order valence-electron chi connectivity index (χ4n) is 1.61. The molecule has 0 amide bonds. The lowest BCUT2D eigenvalue weighted by molar-refractivity contribution is 1.20. The summed E-state index contributed by atoms with van der Waals surface area (Å²) in [4.78, 5) is 5.75. The van der Waals surface area contributed by atoms with E-state index in [-0.39, 0.29) is 0 Å². The first-order valence-corrected chi connectivity index (χ1v) is 4.92. The van der Waals surface area contributed by atoms with Crippen molar-refractivity contribution in [1.29, 1.82) is 0 Å². The number of nitrogens with zero attached hydrogens (tertiary/aromatic N) is 1. The molecule has 0 spiro atoms. The van der Waals surface area contributed by atoms with E-state index < -0.39 is 0 Å². The van der Waals surface area contributed by atoms with E-state index >= 15 is 0 Å². The number of allylic oxidation sites excluding steroid dienone is 1. The molecule has 1 heterocycles. The van der Waals surface area contributed by atoms with Crippen LogP contribution in [0.5, 0.6) is 0 Å². The summed E-state index contributed by atoms with van der Waals surface area (Å²) in [5.41, 5.74) is 1.36. The van der Waals surface area contributed by atoms with Gasteiger partial charge in [0, 0.05) is 4.90 Å². The number of hydrogen-bond acceptors (Lipinski definition) is 2. The fraction of sp³-hybridized carbons (Fsp3) is 0.100. The van der Waals surface area contributed by atoms with Gasteiger partial charge in [0.05, 0.1) is 11.2 Å². The lowest BCUT2D eigenvalue weighted by Gasteiger charge is -1.96. The van der Waals surface area contributed by atoms with Gasteiger partial charge in [-0.15, -0.1) is 0 Å². The first kappa shape index (κ1) is 6.49. The first-order valence-electron chi connectivity index (χ1n) is 3.94. The largest absolute Gasteiger partial charge is 0.273 e. The van der Waals surface area contributed by atoms with Crippen LogP contribution < -0.4 is 10.6 Å². The second-order valence-electron chi connectivity index (χ2n) is 2.87. The number of fused-ring (bicyclic) bond motifs is 3. The van der Waals surface area contributed by atoms with Crippen molar-refractivity contribution in [1.82, 2.24) is 0 Å². The highest BCUT2D eigenvalue weighted by atomic mass is 32.2. The quantitative estimate of drug-likeness (QED) is 0.574. The molecular weight excluding hydrogens is 166 g/mol. The van der Waals surface area contributed by atoms with E-state index in [1.54, 1.807) is 0 Å². The summed E-state index contributed by atoms with van der Waals surface area (Å²) in [6.45, 7) is 0. The van der Waals surface area contributed by atoms with Crippen molar-refractivity contribution in [2.75, 3.05) is 5.88 Å². The zero-order chi connectivity index (χ0) is 7.97. The smallest absolute Gasteiger partial charge is 0.0898 e. The maximum atomic E-state index is 4.39. The summed E-state index contributed by atoms with van der Waals surface area (Å²) in [7, 11) is 0. The minimum atomic E-state index is 0.889. The molecule has 0 radical (unpaired) electrons. The monoisotopic (exact) mass is 173 g/mol. The van der Waals surface area contributed by atoms with Gasteiger partial charge in [-0.25, -0.2) is 0 Å². The van der Waals surface area contributed by atoms with Crippen LogP contribution in [0.15, 0.2) is 28.1 Å². The van der Waals surface area contributed by atoms with Gasteiger partial charge < -0.3 is 0 Å². The summed E-state index contributed by atoms with van der Waals surface area (Å²) in [6.07, 6.45) is 6.42. The van der Waals surface area contributed by atoms with Crippen LogP contribution in [-0.4, -0.2) is 5.88 Å². The molecule has 1 aromatic carbocycles. The summed E-state index contributed by atoms with van der Waals surface area (Å²) >= 11 is 1.84. The van der Waals surface area contributed by atoms with Crippen LogP contribution in [-0.2, 0) is 0 Å². The van der Waals surface area contributed by atoms with Crippen LogP contribution in [0.1, 0.15) is 5.56 Å². The maximum absolute atomic E-state index is 4.39. The molecular formula is C10H7NS. The van der Waals surface area contributed by atoms with Crippen LogP contribution >= 0.6 is 11.8 Å². The third kappa shape index (κ3) is 0.730. The molecule has 0 fully saturated rings. The van der Waals surface area contributed by atoms with Crippen LogP contribution in [0.25, 0.3) is 12.2 Å². The molecule has 0 saturated heterocycles. The second-order valence-corrected chi connectivity index (χ2v) is 3.83. The molecule has 0 aromatic heterocycles. The molecule has 0 saturated carbocycles. The molecule has 1 aliphatic heterocycles. The summed E-state index contributed by atoms with van der Waals surface area (Å²) in [6, 6.07) is 4.25. The normalized spacial score (nSPS) is 16.7. The third-order valence-corrected chi connectivity index (χ3v) is 3.17. The molecule has 0 bridgehead atoms. The molecule has 2 heteroatoms. The van der Waals surface area contributed by atoms with Crippen molar-refractivity contribution in [3.63, 3.8) is 0 Å². The topological polar surface area (TPSA) is 12.4 Å². The number of hydrogen-bond donors (Lipinski definition) is 0. The molecule has 12 heavy (non-hydrogen) atoms. The summed E-state index contributed by atoms with van der Waals surface area (Å²) in [5, 5.41) is 2.50. The Hall–Kier alpha value is -1.02. The number of benzene rings is 1. The van der Waals surface area contributed by atoms with Crippen LogP contribution in [0, 0.1) is 0 Å². The lowest BCUT2D eigenvalue weighted by Crippen LogP contribution is -2.11. The first-order chi connectivity index (χ1) is 5.95. The molecule has 1 aliphatic carbocycles. The van der Waals surface area contributed by atoms with E-state index in [1.165, 1.54) is 21.0 Å². The Morgan fingerprint density at radius 2 is 2.33 bits per heavy atom. The average molecular weight is 173 g/mol. The van der Waals surface area contributed by atoms with Gasteiger partial charge in [-0.3, -0.25) is 4.99 Å². The lowest BCUT2D eigenvalue weighted by atomic mass is 10.2. The Kier molecular flexibility index (Phi) is 1.21. The highest BCUT2D eigenvalue weighted by molar-refractivity contribution is 7.99.